The molecule has 0 saturated heterocycles. The zero-order valence-corrected chi connectivity index (χ0v) is 7.46. The molecular weight excluding hydrogens is 150 g/mol. The van der Waals surface area contributed by atoms with E-state index in [-0.39, 0.29) is 5.84 Å². The van der Waals surface area contributed by atoms with Crippen LogP contribution in [0.15, 0.2) is 24.3 Å². The van der Waals surface area contributed by atoms with Gasteiger partial charge in [0.25, 0.3) is 0 Å². The lowest BCUT2D eigenvalue weighted by molar-refractivity contribution is 1.42. The van der Waals surface area contributed by atoms with E-state index in [2.05, 4.69) is 0 Å². The molecule has 0 aromatic heterocycles. The Bertz CT molecular complexity index is 234. The van der Waals surface area contributed by atoms with E-state index in [1.807, 2.05) is 31.2 Å². The lowest BCUT2D eigenvalue weighted by atomic mass is 10.2. The maximum absolute atomic E-state index is 6.28. The van der Waals surface area contributed by atoms with Crippen molar-refractivity contribution in [2.75, 3.05) is 5.73 Å². The van der Waals surface area contributed by atoms with Crippen LogP contribution >= 0.6 is 0 Å². The van der Waals surface area contributed by atoms with Gasteiger partial charge in [-0.05, 0) is 31.5 Å². The first-order chi connectivity index (χ1) is 5.52. The third-order valence-corrected chi connectivity index (χ3v) is 1.04. The minimum atomic E-state index is 0.167. The van der Waals surface area contributed by atoms with Gasteiger partial charge in [0, 0.05) is 5.69 Å². The van der Waals surface area contributed by atoms with Gasteiger partial charge in [-0.25, -0.2) is 0 Å². The highest BCUT2D eigenvalue weighted by atomic mass is 14.7. The topological polar surface area (TPSA) is 75.9 Å². The first-order valence-corrected chi connectivity index (χ1v) is 3.65. The fraction of sp³-hybridized carbons (Fsp3) is 0.222. The van der Waals surface area contributed by atoms with Crippen molar-refractivity contribution in [1.82, 2.24) is 0 Å². The number of anilines is 1. The molecule has 0 radical (unpaired) electrons. The Morgan fingerprint density at radius 1 is 1.42 bits per heavy atom. The Kier molecular flexibility index (Phi) is 4.53. The monoisotopic (exact) mass is 165 g/mol. The summed E-state index contributed by atoms with van der Waals surface area (Å²) in [4.78, 5) is 0. The fourth-order valence-electron chi connectivity index (χ4n) is 0.670. The number of amidine groups is 1. The van der Waals surface area contributed by atoms with Gasteiger partial charge in [0.15, 0.2) is 0 Å². The molecule has 0 unspecified atom stereocenters. The van der Waals surface area contributed by atoms with Crippen molar-refractivity contribution in [3.63, 3.8) is 0 Å². The fourth-order valence-corrected chi connectivity index (χ4v) is 0.670. The molecule has 0 atom stereocenters. The van der Waals surface area contributed by atoms with Crippen LogP contribution in [-0.2, 0) is 0 Å². The summed E-state index contributed by atoms with van der Waals surface area (Å²) >= 11 is 0. The molecule has 0 fully saturated rings. The number of hydrogen-bond donors (Lipinski definition) is 3. The Hall–Kier alpha value is -1.51. The molecule has 1 aromatic carbocycles. The number of hydrogen-bond acceptors (Lipinski definition) is 2. The molecule has 0 heterocycles. The van der Waals surface area contributed by atoms with Crippen LogP contribution in [-0.4, -0.2) is 5.84 Å². The van der Waals surface area contributed by atoms with Crippen LogP contribution in [0, 0.1) is 12.3 Å². The number of aryl methyl sites for hydroxylation is 1. The molecule has 5 N–H and O–H groups in total. The molecule has 3 heteroatoms. The summed E-state index contributed by atoms with van der Waals surface area (Å²) in [5, 5.41) is 6.28. The van der Waals surface area contributed by atoms with Crippen molar-refractivity contribution in [2.45, 2.75) is 13.8 Å². The summed E-state index contributed by atoms with van der Waals surface area (Å²) in [6.07, 6.45) is 0. The summed E-state index contributed by atoms with van der Waals surface area (Å²) in [5.74, 6) is 0.167. The highest BCUT2D eigenvalue weighted by Crippen LogP contribution is 2.03. The van der Waals surface area contributed by atoms with E-state index in [1.165, 1.54) is 12.5 Å². The van der Waals surface area contributed by atoms with Crippen LogP contribution in [0.1, 0.15) is 12.5 Å². The molecule has 0 aliphatic rings. The van der Waals surface area contributed by atoms with E-state index in [1.54, 1.807) is 0 Å². The van der Waals surface area contributed by atoms with Gasteiger partial charge in [-0.2, -0.15) is 0 Å². The average Bonchev–Trinajstić information content (AvgIpc) is 1.84. The lowest BCUT2D eigenvalue weighted by Gasteiger charge is -1.91. The highest BCUT2D eigenvalue weighted by Gasteiger charge is 1.81. The van der Waals surface area contributed by atoms with E-state index >= 15 is 0 Å². The predicted molar refractivity (Wildman–Crippen MR) is 53.2 cm³/mol. The minimum Gasteiger partial charge on any atom is -0.399 e. The van der Waals surface area contributed by atoms with E-state index in [9.17, 15) is 0 Å². The van der Waals surface area contributed by atoms with Gasteiger partial charge in [0.2, 0.25) is 0 Å². The SMILES string of the molecule is CC(=N)N.Cc1cccc(N)c1. The van der Waals surface area contributed by atoms with Gasteiger partial charge in [-0.3, -0.25) is 5.41 Å². The quantitative estimate of drug-likeness (QED) is 0.309. The van der Waals surface area contributed by atoms with E-state index in [4.69, 9.17) is 16.9 Å². The molecule has 0 aliphatic carbocycles. The number of rotatable bonds is 0. The number of nitrogens with one attached hydrogen (secondary N) is 1. The third-order valence-electron chi connectivity index (χ3n) is 1.04. The van der Waals surface area contributed by atoms with E-state index in [0.29, 0.717) is 0 Å². The number of nitrogen functional groups attached to an aromatic ring is 1. The molecule has 0 aliphatic heterocycles. The predicted octanol–water partition coefficient (Wildman–Crippen LogP) is 1.52. The van der Waals surface area contributed by atoms with E-state index < -0.39 is 0 Å². The van der Waals surface area contributed by atoms with E-state index in [0.717, 1.165) is 5.69 Å². The molecule has 1 rings (SSSR count). The summed E-state index contributed by atoms with van der Waals surface area (Å²) in [7, 11) is 0. The van der Waals surface area contributed by atoms with Crippen LogP contribution in [0.5, 0.6) is 0 Å². The Balaban J connectivity index is 0.000000261. The van der Waals surface area contributed by atoms with Crippen LogP contribution in [0.4, 0.5) is 5.69 Å². The third kappa shape index (κ3) is 6.61. The molecule has 66 valence electrons. The van der Waals surface area contributed by atoms with Gasteiger partial charge in [-0.15, -0.1) is 0 Å². The van der Waals surface area contributed by atoms with Crippen LogP contribution < -0.4 is 11.5 Å². The molecular formula is C9H15N3. The van der Waals surface area contributed by atoms with Crippen molar-refractivity contribution in [2.24, 2.45) is 5.73 Å². The first kappa shape index (κ1) is 10.5. The normalized spacial score (nSPS) is 8.17. The van der Waals surface area contributed by atoms with Gasteiger partial charge in [0.1, 0.15) is 0 Å². The summed E-state index contributed by atoms with van der Waals surface area (Å²) < 4.78 is 0. The maximum Gasteiger partial charge on any atom is 0.0873 e. The Labute approximate surface area is 72.9 Å². The van der Waals surface area contributed by atoms with Crippen LogP contribution in [0.2, 0.25) is 0 Å². The molecule has 1 aromatic rings. The van der Waals surface area contributed by atoms with Crippen molar-refractivity contribution in [3.8, 4) is 0 Å². The van der Waals surface area contributed by atoms with Crippen molar-refractivity contribution in [3.05, 3.63) is 29.8 Å². The van der Waals surface area contributed by atoms with Crippen molar-refractivity contribution < 1.29 is 0 Å². The van der Waals surface area contributed by atoms with Gasteiger partial charge >= 0.3 is 0 Å². The minimum absolute atomic E-state index is 0.167. The van der Waals surface area contributed by atoms with Gasteiger partial charge in [0.05, 0.1) is 5.84 Å². The summed E-state index contributed by atoms with van der Waals surface area (Å²) in [6, 6.07) is 7.80. The summed E-state index contributed by atoms with van der Waals surface area (Å²) in [6.45, 7) is 3.55. The number of benzene rings is 1. The molecule has 3 nitrogen and oxygen atoms in total. The largest absolute Gasteiger partial charge is 0.399 e. The van der Waals surface area contributed by atoms with Crippen molar-refractivity contribution in [1.29, 1.82) is 5.41 Å². The first-order valence-electron chi connectivity index (χ1n) is 3.65. The van der Waals surface area contributed by atoms with Crippen LogP contribution in [0.3, 0.4) is 0 Å². The zero-order valence-electron chi connectivity index (χ0n) is 7.46. The molecule has 0 bridgehead atoms. The second-order valence-electron chi connectivity index (χ2n) is 2.60. The van der Waals surface area contributed by atoms with Crippen molar-refractivity contribution >= 4 is 11.5 Å². The maximum atomic E-state index is 6.28. The van der Waals surface area contributed by atoms with Gasteiger partial charge < -0.3 is 11.5 Å². The zero-order chi connectivity index (χ0) is 9.56. The standard InChI is InChI=1S/C7H9N.C2H6N2/c1-6-3-2-4-7(8)5-6;1-2(3)4/h2-5H,8H2,1H3;1H3,(H3,3,4). The molecule has 0 saturated carbocycles. The molecule has 12 heavy (non-hydrogen) atoms. The Morgan fingerprint density at radius 2 is 1.92 bits per heavy atom. The second-order valence-corrected chi connectivity index (χ2v) is 2.60. The molecule has 0 amide bonds. The Morgan fingerprint density at radius 3 is 2.17 bits per heavy atom. The lowest BCUT2D eigenvalue weighted by Crippen LogP contribution is -2.00. The smallest absolute Gasteiger partial charge is 0.0873 e. The average molecular weight is 165 g/mol. The van der Waals surface area contributed by atoms with Gasteiger partial charge in [-0.1, -0.05) is 12.1 Å². The summed E-state index contributed by atoms with van der Waals surface area (Å²) in [5.41, 5.74) is 12.2. The highest BCUT2D eigenvalue weighted by molar-refractivity contribution is 5.73. The number of nitrogens with two attached hydrogens (primary N) is 2. The second kappa shape index (κ2) is 5.18. The molecule has 0 spiro atoms. The van der Waals surface area contributed by atoms with Crippen LogP contribution in [0.25, 0.3) is 0 Å².